The molecule has 3 atom stereocenters. The number of fused-ring (bicyclic) bond motifs is 2. The summed E-state index contributed by atoms with van der Waals surface area (Å²) in [6, 6.07) is 0.416. The van der Waals surface area contributed by atoms with Crippen molar-refractivity contribution in [1.29, 1.82) is 0 Å². The van der Waals surface area contributed by atoms with Gasteiger partial charge in [0.25, 0.3) is 0 Å². The van der Waals surface area contributed by atoms with Crippen molar-refractivity contribution in [2.45, 2.75) is 25.3 Å². The van der Waals surface area contributed by atoms with Gasteiger partial charge in [-0.2, -0.15) is 0 Å². The van der Waals surface area contributed by atoms with Crippen molar-refractivity contribution in [3.8, 4) is 0 Å². The van der Waals surface area contributed by atoms with E-state index in [1.807, 2.05) is 0 Å². The van der Waals surface area contributed by atoms with E-state index in [-0.39, 0.29) is 0 Å². The van der Waals surface area contributed by atoms with Crippen molar-refractivity contribution in [3.05, 3.63) is 0 Å². The normalized spacial score (nSPS) is 45.9. The molecule has 2 fully saturated rings. The predicted molar refractivity (Wildman–Crippen MR) is 39.7 cm³/mol. The highest BCUT2D eigenvalue weighted by Crippen LogP contribution is 2.35. The van der Waals surface area contributed by atoms with Crippen molar-refractivity contribution in [3.63, 3.8) is 0 Å². The highest BCUT2D eigenvalue weighted by molar-refractivity contribution is 4.90. The van der Waals surface area contributed by atoms with Crippen molar-refractivity contribution in [1.82, 2.24) is 5.32 Å². The van der Waals surface area contributed by atoms with Gasteiger partial charge in [-0.05, 0) is 37.6 Å². The molecule has 0 spiro atoms. The summed E-state index contributed by atoms with van der Waals surface area (Å²) in [7, 11) is 0. The molecule has 1 aliphatic heterocycles. The van der Waals surface area contributed by atoms with Crippen LogP contribution in [0.5, 0.6) is 0 Å². The van der Waals surface area contributed by atoms with Crippen LogP contribution in [0.4, 0.5) is 0 Å². The molecule has 2 nitrogen and oxygen atoms in total. The second kappa shape index (κ2) is 2.51. The average molecular weight is 141 g/mol. The minimum atomic E-state index is 0.331. The van der Waals surface area contributed by atoms with Gasteiger partial charge in [-0.25, -0.2) is 0 Å². The number of hydrogen-bond donors (Lipinski definition) is 2. The Labute approximate surface area is 61.6 Å². The maximum atomic E-state index is 8.95. The number of aliphatic hydroxyl groups excluding tert-OH is 1. The first-order valence-electron chi connectivity index (χ1n) is 4.24. The largest absolute Gasteiger partial charge is 0.395 e. The van der Waals surface area contributed by atoms with Crippen LogP contribution in [0, 0.1) is 11.8 Å². The Morgan fingerprint density at radius 2 is 2.30 bits per heavy atom. The molecular weight excluding hydrogens is 126 g/mol. The van der Waals surface area contributed by atoms with Crippen molar-refractivity contribution < 1.29 is 5.11 Å². The van der Waals surface area contributed by atoms with Crippen molar-refractivity contribution in [2.75, 3.05) is 13.2 Å². The molecule has 10 heavy (non-hydrogen) atoms. The van der Waals surface area contributed by atoms with Gasteiger partial charge >= 0.3 is 0 Å². The first-order chi connectivity index (χ1) is 4.90. The van der Waals surface area contributed by atoms with Crippen LogP contribution in [0.3, 0.4) is 0 Å². The molecule has 0 aromatic rings. The quantitative estimate of drug-likeness (QED) is 0.553. The molecule has 2 N–H and O–H groups in total. The molecule has 0 aromatic heterocycles. The average Bonchev–Trinajstić information content (AvgIpc) is 2.34. The first kappa shape index (κ1) is 6.62. The summed E-state index contributed by atoms with van der Waals surface area (Å²) in [5, 5.41) is 12.3. The Kier molecular flexibility index (Phi) is 1.66. The van der Waals surface area contributed by atoms with Gasteiger partial charge in [-0.3, -0.25) is 0 Å². The highest BCUT2D eigenvalue weighted by Gasteiger charge is 2.34. The third-order valence-corrected chi connectivity index (χ3v) is 3.02. The monoisotopic (exact) mass is 141 g/mol. The number of rotatable bonds is 1. The van der Waals surface area contributed by atoms with Crippen LogP contribution in [0.25, 0.3) is 0 Å². The lowest BCUT2D eigenvalue weighted by molar-refractivity contribution is 0.176. The summed E-state index contributed by atoms with van der Waals surface area (Å²) in [6.07, 6.45) is 4.08. The SMILES string of the molecule is OCC1NCC2CCC1C2. The Bertz CT molecular complexity index is 126. The number of nitrogens with one attached hydrogen (secondary N) is 1. The molecular formula is C8H15NO. The van der Waals surface area contributed by atoms with Gasteiger partial charge in [0.2, 0.25) is 0 Å². The van der Waals surface area contributed by atoms with E-state index >= 15 is 0 Å². The molecule has 2 heteroatoms. The Morgan fingerprint density at radius 3 is 3.10 bits per heavy atom. The van der Waals surface area contributed by atoms with Gasteiger partial charge in [0.15, 0.2) is 0 Å². The van der Waals surface area contributed by atoms with Crippen LogP contribution in [-0.2, 0) is 0 Å². The Balaban J connectivity index is 2.00. The molecule has 1 aliphatic carbocycles. The third-order valence-electron chi connectivity index (χ3n) is 3.02. The van der Waals surface area contributed by atoms with E-state index < -0.39 is 0 Å². The van der Waals surface area contributed by atoms with E-state index in [0.717, 1.165) is 18.4 Å². The van der Waals surface area contributed by atoms with Gasteiger partial charge in [-0.1, -0.05) is 0 Å². The number of piperidine rings is 1. The molecule has 1 saturated carbocycles. The second-order valence-corrected chi connectivity index (χ2v) is 3.64. The lowest BCUT2D eigenvalue weighted by Gasteiger charge is -2.28. The van der Waals surface area contributed by atoms with Crippen molar-refractivity contribution >= 4 is 0 Å². The molecule has 3 unspecified atom stereocenters. The lowest BCUT2D eigenvalue weighted by Crippen LogP contribution is -2.43. The van der Waals surface area contributed by atoms with Crippen LogP contribution in [0.2, 0.25) is 0 Å². The van der Waals surface area contributed by atoms with Crippen LogP contribution in [0.15, 0.2) is 0 Å². The third kappa shape index (κ3) is 0.956. The molecule has 2 aliphatic rings. The second-order valence-electron chi connectivity index (χ2n) is 3.64. The zero-order valence-corrected chi connectivity index (χ0v) is 6.21. The summed E-state index contributed by atoms with van der Waals surface area (Å²) < 4.78 is 0. The summed E-state index contributed by atoms with van der Waals surface area (Å²) in [5.74, 6) is 1.71. The molecule has 1 saturated heterocycles. The van der Waals surface area contributed by atoms with E-state index in [4.69, 9.17) is 5.11 Å². The molecule has 0 radical (unpaired) electrons. The van der Waals surface area contributed by atoms with Crippen LogP contribution in [-0.4, -0.2) is 24.3 Å². The standard InChI is InChI=1S/C8H15NO/c10-5-8-7-2-1-6(3-7)4-9-8/h6-10H,1-5H2. The van der Waals surface area contributed by atoms with Crippen LogP contribution in [0.1, 0.15) is 19.3 Å². The molecule has 0 aromatic carbocycles. The van der Waals surface area contributed by atoms with Gasteiger partial charge < -0.3 is 10.4 Å². The summed E-state index contributed by atoms with van der Waals surface area (Å²) in [6.45, 7) is 1.47. The summed E-state index contributed by atoms with van der Waals surface area (Å²) in [5.41, 5.74) is 0. The number of aliphatic hydroxyl groups is 1. The molecule has 58 valence electrons. The van der Waals surface area contributed by atoms with Crippen molar-refractivity contribution in [2.24, 2.45) is 11.8 Å². The minimum Gasteiger partial charge on any atom is -0.395 e. The zero-order valence-electron chi connectivity index (χ0n) is 6.21. The molecule has 2 rings (SSSR count). The number of hydrogen-bond acceptors (Lipinski definition) is 2. The van der Waals surface area contributed by atoms with Gasteiger partial charge in [0.1, 0.15) is 0 Å². The van der Waals surface area contributed by atoms with E-state index in [1.54, 1.807) is 0 Å². The van der Waals surface area contributed by atoms with Gasteiger partial charge in [0.05, 0.1) is 6.61 Å². The van der Waals surface area contributed by atoms with Crippen LogP contribution < -0.4 is 5.32 Å². The lowest BCUT2D eigenvalue weighted by atomic mass is 9.93. The minimum absolute atomic E-state index is 0.331. The summed E-state index contributed by atoms with van der Waals surface area (Å²) in [4.78, 5) is 0. The Morgan fingerprint density at radius 1 is 1.40 bits per heavy atom. The zero-order chi connectivity index (χ0) is 6.97. The first-order valence-corrected chi connectivity index (χ1v) is 4.24. The predicted octanol–water partition coefficient (Wildman–Crippen LogP) is 0.367. The van der Waals surface area contributed by atoms with E-state index in [0.29, 0.717) is 12.6 Å². The maximum absolute atomic E-state index is 8.95. The fourth-order valence-electron chi connectivity index (χ4n) is 2.36. The molecule has 2 bridgehead atoms. The van der Waals surface area contributed by atoms with E-state index in [9.17, 15) is 0 Å². The van der Waals surface area contributed by atoms with Gasteiger partial charge in [0, 0.05) is 6.04 Å². The molecule has 1 heterocycles. The maximum Gasteiger partial charge on any atom is 0.0587 e. The van der Waals surface area contributed by atoms with E-state index in [2.05, 4.69) is 5.32 Å². The Hall–Kier alpha value is -0.0800. The highest BCUT2D eigenvalue weighted by atomic mass is 16.3. The fraction of sp³-hybridized carbons (Fsp3) is 1.00. The summed E-state index contributed by atoms with van der Waals surface area (Å²) >= 11 is 0. The van der Waals surface area contributed by atoms with E-state index in [1.165, 1.54) is 19.3 Å². The fourth-order valence-corrected chi connectivity index (χ4v) is 2.36. The topological polar surface area (TPSA) is 32.3 Å². The molecule has 0 amide bonds. The van der Waals surface area contributed by atoms with Crippen LogP contribution >= 0.6 is 0 Å². The van der Waals surface area contributed by atoms with Gasteiger partial charge in [-0.15, -0.1) is 0 Å². The smallest absolute Gasteiger partial charge is 0.0587 e.